The van der Waals surface area contributed by atoms with Crippen LogP contribution in [0.5, 0.6) is 5.75 Å². The Hall–Kier alpha value is -3.53. The largest absolute Gasteiger partial charge is 0.413 e. The quantitative estimate of drug-likeness (QED) is 0.451. The molecule has 5 rings (SSSR count). The second-order valence-electron chi connectivity index (χ2n) is 8.65. The molecular formula is C22H24FN7O2. The smallest absolute Gasteiger partial charge is 0.406 e. The van der Waals surface area contributed by atoms with Gasteiger partial charge in [-0.1, -0.05) is 0 Å². The van der Waals surface area contributed by atoms with Gasteiger partial charge in [0.25, 0.3) is 0 Å². The van der Waals surface area contributed by atoms with Crippen molar-refractivity contribution in [3.63, 3.8) is 0 Å². The van der Waals surface area contributed by atoms with Crippen molar-refractivity contribution in [2.24, 2.45) is 12.8 Å². The van der Waals surface area contributed by atoms with E-state index < -0.39 is 6.09 Å². The van der Waals surface area contributed by atoms with E-state index in [0.717, 1.165) is 31.1 Å². The van der Waals surface area contributed by atoms with Crippen molar-refractivity contribution in [3.05, 3.63) is 36.4 Å². The number of fused-ring (bicyclic) bond motifs is 2. The number of ether oxygens (including phenoxy) is 1. The number of hydrogen-bond acceptors (Lipinski definition) is 6. The lowest BCUT2D eigenvalue weighted by molar-refractivity contribution is 0.171. The van der Waals surface area contributed by atoms with Gasteiger partial charge in [-0.3, -0.25) is 4.68 Å². The first-order chi connectivity index (χ1) is 15.3. The zero-order chi connectivity index (χ0) is 22.5. The van der Waals surface area contributed by atoms with Crippen LogP contribution in [0.1, 0.15) is 32.6 Å². The second-order valence-corrected chi connectivity index (χ2v) is 8.65. The first kappa shape index (κ1) is 20.4. The summed E-state index contributed by atoms with van der Waals surface area (Å²) in [6.07, 6.45) is 5.92. The molecule has 4 aromatic rings. The van der Waals surface area contributed by atoms with Crippen LogP contribution in [-0.2, 0) is 7.05 Å². The van der Waals surface area contributed by atoms with E-state index >= 15 is 0 Å². The van der Waals surface area contributed by atoms with Crippen LogP contribution in [0.4, 0.5) is 9.18 Å². The van der Waals surface area contributed by atoms with E-state index in [-0.39, 0.29) is 23.1 Å². The minimum absolute atomic E-state index is 0.183. The number of nitrogens with one attached hydrogen (secondary N) is 2. The number of aromatic nitrogens is 5. The summed E-state index contributed by atoms with van der Waals surface area (Å²) in [6, 6.07) is 4.65. The number of aryl methyl sites for hydroxylation is 1. The molecule has 0 spiro atoms. The van der Waals surface area contributed by atoms with E-state index in [1.165, 1.54) is 12.1 Å². The number of halogens is 1. The highest BCUT2D eigenvalue weighted by Gasteiger charge is 2.32. The molecule has 1 aliphatic rings. The van der Waals surface area contributed by atoms with E-state index in [1.807, 2.05) is 6.92 Å². The maximum absolute atomic E-state index is 13.6. The lowest BCUT2D eigenvalue weighted by Gasteiger charge is -2.36. The molecule has 0 bridgehead atoms. The predicted molar refractivity (Wildman–Crippen MR) is 118 cm³/mol. The standard InChI is InChI=1S/C22H24FN7O2/c1-22(7-5-13(24)6-8-22)28-21(31)32-17-11-26-20-19(17)27-15(10-25-20)18-14-4-3-12(23)9-16(14)30(2)29-18/h3-4,9-11,13H,5-8,24H2,1-2H3,(H,25,26)(H,28,31)/t13-,22-. The number of nitrogens with two attached hydrogens (primary N) is 1. The molecule has 0 aliphatic heterocycles. The highest BCUT2D eigenvalue weighted by molar-refractivity contribution is 5.93. The number of nitrogens with zero attached hydrogens (tertiary/aromatic N) is 4. The molecule has 0 unspecified atom stereocenters. The summed E-state index contributed by atoms with van der Waals surface area (Å²) >= 11 is 0. The van der Waals surface area contributed by atoms with Gasteiger partial charge in [-0.2, -0.15) is 5.10 Å². The molecule has 4 N–H and O–H groups in total. The molecule has 1 amide bonds. The maximum atomic E-state index is 13.6. The number of H-pyrrole nitrogens is 1. The fourth-order valence-corrected chi connectivity index (χ4v) is 4.25. The van der Waals surface area contributed by atoms with Crippen molar-refractivity contribution < 1.29 is 13.9 Å². The summed E-state index contributed by atoms with van der Waals surface area (Å²) < 4.78 is 20.8. The molecule has 1 aliphatic carbocycles. The normalized spacial score (nSPS) is 21.2. The molecule has 32 heavy (non-hydrogen) atoms. The van der Waals surface area contributed by atoms with Crippen molar-refractivity contribution in [1.29, 1.82) is 0 Å². The average Bonchev–Trinajstić information content (AvgIpc) is 3.30. The van der Waals surface area contributed by atoms with E-state index in [1.54, 1.807) is 30.2 Å². The molecule has 10 heteroatoms. The van der Waals surface area contributed by atoms with Crippen LogP contribution in [0.2, 0.25) is 0 Å². The molecule has 9 nitrogen and oxygen atoms in total. The van der Waals surface area contributed by atoms with Gasteiger partial charge in [-0.25, -0.2) is 19.2 Å². The van der Waals surface area contributed by atoms with Crippen LogP contribution in [0.3, 0.4) is 0 Å². The van der Waals surface area contributed by atoms with Crippen LogP contribution >= 0.6 is 0 Å². The Morgan fingerprint density at radius 3 is 2.94 bits per heavy atom. The first-order valence-electron chi connectivity index (χ1n) is 10.5. The van der Waals surface area contributed by atoms with Gasteiger partial charge in [0.1, 0.15) is 17.2 Å². The number of benzene rings is 1. The number of carbonyl (C=O) groups excluding carboxylic acids is 1. The fraction of sp³-hybridized carbons (Fsp3) is 0.364. The van der Waals surface area contributed by atoms with Gasteiger partial charge >= 0.3 is 6.09 Å². The van der Waals surface area contributed by atoms with E-state index in [2.05, 4.69) is 25.4 Å². The van der Waals surface area contributed by atoms with E-state index in [4.69, 9.17) is 10.5 Å². The minimum atomic E-state index is -0.546. The summed E-state index contributed by atoms with van der Waals surface area (Å²) in [5.41, 5.74) is 8.23. The topological polar surface area (TPSA) is 124 Å². The Kier molecular flexibility index (Phi) is 4.81. The maximum Gasteiger partial charge on any atom is 0.413 e. The van der Waals surface area contributed by atoms with Gasteiger partial charge < -0.3 is 20.8 Å². The lowest BCUT2D eigenvalue weighted by atomic mass is 9.81. The van der Waals surface area contributed by atoms with Crippen LogP contribution in [0.15, 0.2) is 30.6 Å². The van der Waals surface area contributed by atoms with Crippen LogP contribution < -0.4 is 15.8 Å². The summed E-state index contributed by atoms with van der Waals surface area (Å²) in [4.78, 5) is 24.6. The second kappa shape index (κ2) is 7.56. The molecule has 0 radical (unpaired) electrons. The first-order valence-corrected chi connectivity index (χ1v) is 10.5. The Balaban J connectivity index is 1.43. The Labute approximate surface area is 183 Å². The van der Waals surface area contributed by atoms with E-state index in [9.17, 15) is 9.18 Å². The van der Waals surface area contributed by atoms with Gasteiger partial charge in [0, 0.05) is 30.2 Å². The Morgan fingerprint density at radius 1 is 1.38 bits per heavy atom. The molecule has 1 saturated carbocycles. The number of aromatic amines is 1. The monoisotopic (exact) mass is 437 g/mol. The summed E-state index contributed by atoms with van der Waals surface area (Å²) in [7, 11) is 1.74. The van der Waals surface area contributed by atoms with Gasteiger partial charge in [0.05, 0.1) is 11.7 Å². The SMILES string of the molecule is Cn1nc(-c2cnc3[nH]cc(OC(=O)N[C@]4(C)CC[C@@H](N)CC4)c3n2)c2ccc(F)cc21. The zero-order valence-electron chi connectivity index (χ0n) is 17.9. The highest BCUT2D eigenvalue weighted by atomic mass is 19.1. The molecule has 3 heterocycles. The molecule has 3 aromatic heterocycles. The van der Waals surface area contributed by atoms with Gasteiger partial charge in [0.2, 0.25) is 0 Å². The van der Waals surface area contributed by atoms with Gasteiger partial charge in [0.15, 0.2) is 16.9 Å². The summed E-state index contributed by atoms with van der Waals surface area (Å²) in [5, 5.41) is 8.20. The van der Waals surface area contributed by atoms with Crippen molar-refractivity contribution in [2.45, 2.75) is 44.2 Å². The molecular weight excluding hydrogens is 413 g/mol. The third-order valence-electron chi connectivity index (χ3n) is 6.14. The number of hydrogen-bond donors (Lipinski definition) is 3. The molecule has 1 aromatic carbocycles. The molecule has 166 valence electrons. The Morgan fingerprint density at radius 2 is 2.16 bits per heavy atom. The van der Waals surface area contributed by atoms with Crippen LogP contribution in [0, 0.1) is 5.82 Å². The zero-order valence-corrected chi connectivity index (χ0v) is 17.9. The predicted octanol–water partition coefficient (Wildman–Crippen LogP) is 3.40. The third kappa shape index (κ3) is 3.66. The fourth-order valence-electron chi connectivity index (χ4n) is 4.25. The number of amides is 1. The average molecular weight is 437 g/mol. The summed E-state index contributed by atoms with van der Waals surface area (Å²) in [5.74, 6) is -0.0659. The number of rotatable bonds is 3. The van der Waals surface area contributed by atoms with Crippen LogP contribution in [0.25, 0.3) is 33.5 Å². The van der Waals surface area contributed by atoms with Crippen molar-refractivity contribution >= 4 is 28.2 Å². The van der Waals surface area contributed by atoms with Crippen LogP contribution in [-0.4, -0.2) is 42.4 Å². The molecule has 1 fully saturated rings. The van der Waals surface area contributed by atoms with Crippen molar-refractivity contribution in [3.8, 4) is 17.1 Å². The summed E-state index contributed by atoms with van der Waals surface area (Å²) in [6.45, 7) is 2.00. The molecule has 0 atom stereocenters. The van der Waals surface area contributed by atoms with Crippen molar-refractivity contribution in [2.75, 3.05) is 0 Å². The van der Waals surface area contributed by atoms with Crippen molar-refractivity contribution in [1.82, 2.24) is 30.0 Å². The number of carbonyl (C=O) groups is 1. The third-order valence-corrected chi connectivity index (χ3v) is 6.14. The lowest BCUT2D eigenvalue weighted by Crippen LogP contribution is -2.50. The molecule has 0 saturated heterocycles. The van der Waals surface area contributed by atoms with E-state index in [0.29, 0.717) is 28.1 Å². The Bertz CT molecular complexity index is 1320. The minimum Gasteiger partial charge on any atom is -0.406 e. The highest BCUT2D eigenvalue weighted by Crippen LogP contribution is 2.31. The van der Waals surface area contributed by atoms with Gasteiger partial charge in [-0.05, 0) is 50.8 Å². The van der Waals surface area contributed by atoms with Gasteiger partial charge in [-0.15, -0.1) is 0 Å².